The van der Waals surface area contributed by atoms with E-state index >= 15 is 0 Å². The van der Waals surface area contributed by atoms with E-state index in [0.717, 1.165) is 41.6 Å². The number of hydrogen-bond acceptors (Lipinski definition) is 3. The van der Waals surface area contributed by atoms with E-state index in [-0.39, 0.29) is 0 Å². The summed E-state index contributed by atoms with van der Waals surface area (Å²) in [6.45, 7) is 0.967. The second-order valence-corrected chi connectivity index (χ2v) is 6.51. The van der Waals surface area contributed by atoms with E-state index in [1.807, 2.05) is 28.9 Å². The molecule has 0 bridgehead atoms. The Morgan fingerprint density at radius 2 is 2.14 bits per heavy atom. The summed E-state index contributed by atoms with van der Waals surface area (Å²) in [5.41, 5.74) is 3.41. The molecule has 2 aromatic heterocycles. The third kappa shape index (κ3) is 2.24. The van der Waals surface area contributed by atoms with E-state index in [1.165, 1.54) is 10.4 Å². The van der Waals surface area contributed by atoms with Crippen molar-refractivity contribution in [3.05, 3.63) is 62.9 Å². The number of fused-ring (bicyclic) bond motifs is 1. The lowest BCUT2D eigenvalue weighted by Gasteiger charge is -2.07. The number of halogens is 1. The molecule has 1 aliphatic rings. The first kappa shape index (κ1) is 12.9. The van der Waals surface area contributed by atoms with E-state index < -0.39 is 0 Å². The Balaban J connectivity index is 1.81. The van der Waals surface area contributed by atoms with E-state index in [0.29, 0.717) is 0 Å². The van der Waals surface area contributed by atoms with Gasteiger partial charge < -0.3 is 5.32 Å². The Kier molecular flexibility index (Phi) is 3.20. The highest BCUT2D eigenvalue weighted by molar-refractivity contribution is 7.09. The predicted octanol–water partition coefficient (Wildman–Crippen LogP) is 4.15. The van der Waals surface area contributed by atoms with Gasteiger partial charge in [0.1, 0.15) is 5.82 Å². The second-order valence-electron chi connectivity index (χ2n) is 5.07. The summed E-state index contributed by atoms with van der Waals surface area (Å²) in [7, 11) is 0. The van der Waals surface area contributed by atoms with Crippen molar-refractivity contribution < 1.29 is 0 Å². The summed E-state index contributed by atoms with van der Waals surface area (Å²) in [6, 6.07) is 12.1. The van der Waals surface area contributed by atoms with Gasteiger partial charge in [-0.2, -0.15) is 5.10 Å². The van der Waals surface area contributed by atoms with Crippen molar-refractivity contribution in [2.45, 2.75) is 12.8 Å². The van der Waals surface area contributed by atoms with Gasteiger partial charge in [-0.1, -0.05) is 29.8 Å². The number of para-hydroxylation sites is 1. The van der Waals surface area contributed by atoms with Crippen molar-refractivity contribution in [2.24, 2.45) is 0 Å². The minimum Gasteiger partial charge on any atom is -0.369 e. The van der Waals surface area contributed by atoms with E-state index in [1.54, 1.807) is 11.3 Å². The lowest BCUT2D eigenvalue weighted by Crippen LogP contribution is -2.05. The Morgan fingerprint density at radius 1 is 1.24 bits per heavy atom. The first-order chi connectivity index (χ1) is 10.3. The maximum atomic E-state index is 6.33. The number of anilines is 1. The standard InChI is InChI=1S/C16H14ClN3S/c17-13-5-1-2-6-15(13)20-16-12(7-8-18-16)14(19-20)10-11-4-3-9-21-11/h1-6,9,18H,7-8,10H2. The Labute approximate surface area is 132 Å². The molecule has 3 aromatic rings. The van der Waals surface area contributed by atoms with Crippen molar-refractivity contribution >= 4 is 28.8 Å². The largest absolute Gasteiger partial charge is 0.369 e. The van der Waals surface area contributed by atoms with Crippen LogP contribution in [0.5, 0.6) is 0 Å². The number of nitrogens with zero attached hydrogens (tertiary/aromatic N) is 2. The van der Waals surface area contributed by atoms with Gasteiger partial charge in [-0.15, -0.1) is 11.3 Å². The monoisotopic (exact) mass is 315 g/mol. The van der Waals surface area contributed by atoms with Crippen LogP contribution in [0.25, 0.3) is 5.69 Å². The van der Waals surface area contributed by atoms with E-state index in [9.17, 15) is 0 Å². The van der Waals surface area contributed by atoms with Crippen LogP contribution >= 0.6 is 22.9 Å². The van der Waals surface area contributed by atoms with Gasteiger partial charge in [-0.3, -0.25) is 0 Å². The van der Waals surface area contributed by atoms with Gasteiger partial charge in [0, 0.05) is 23.4 Å². The fourth-order valence-corrected chi connectivity index (χ4v) is 3.69. The zero-order valence-electron chi connectivity index (χ0n) is 11.3. The van der Waals surface area contributed by atoms with Crippen molar-refractivity contribution in [3.63, 3.8) is 0 Å². The first-order valence-electron chi connectivity index (χ1n) is 6.95. The topological polar surface area (TPSA) is 29.9 Å². The van der Waals surface area contributed by atoms with Crippen molar-refractivity contribution in [3.8, 4) is 5.69 Å². The molecule has 106 valence electrons. The Morgan fingerprint density at radius 3 is 2.95 bits per heavy atom. The van der Waals surface area contributed by atoms with Gasteiger partial charge in [0.05, 0.1) is 16.4 Å². The molecule has 3 nitrogen and oxygen atoms in total. The zero-order chi connectivity index (χ0) is 14.2. The van der Waals surface area contributed by atoms with Crippen LogP contribution in [0.15, 0.2) is 41.8 Å². The molecule has 0 spiro atoms. The lowest BCUT2D eigenvalue weighted by molar-refractivity contribution is 0.842. The van der Waals surface area contributed by atoms with Gasteiger partial charge in [0.2, 0.25) is 0 Å². The number of nitrogens with one attached hydrogen (secondary N) is 1. The molecular weight excluding hydrogens is 302 g/mol. The molecule has 0 saturated heterocycles. The van der Waals surface area contributed by atoms with Crippen molar-refractivity contribution in [2.75, 3.05) is 11.9 Å². The molecule has 0 radical (unpaired) electrons. The van der Waals surface area contributed by atoms with Crippen molar-refractivity contribution in [1.29, 1.82) is 0 Å². The number of thiophene rings is 1. The molecule has 0 unspecified atom stereocenters. The molecule has 1 aliphatic heterocycles. The average molecular weight is 316 g/mol. The smallest absolute Gasteiger partial charge is 0.133 e. The third-order valence-corrected chi connectivity index (χ3v) is 4.93. The van der Waals surface area contributed by atoms with Crippen LogP contribution in [0.2, 0.25) is 5.02 Å². The molecule has 4 rings (SSSR count). The molecule has 0 fully saturated rings. The summed E-state index contributed by atoms with van der Waals surface area (Å²) >= 11 is 8.10. The number of hydrogen-bond donors (Lipinski definition) is 1. The minimum absolute atomic E-state index is 0.721. The second kappa shape index (κ2) is 5.20. The van der Waals surface area contributed by atoms with Crippen LogP contribution in [0, 0.1) is 0 Å². The number of benzene rings is 1. The normalized spacial score (nSPS) is 13.2. The molecule has 21 heavy (non-hydrogen) atoms. The van der Waals surface area contributed by atoms with Gasteiger partial charge >= 0.3 is 0 Å². The molecule has 5 heteroatoms. The Bertz CT molecular complexity index is 777. The maximum absolute atomic E-state index is 6.33. The van der Waals surface area contributed by atoms with Crippen LogP contribution < -0.4 is 5.32 Å². The van der Waals surface area contributed by atoms with Crippen molar-refractivity contribution in [1.82, 2.24) is 9.78 Å². The average Bonchev–Trinajstić information content (AvgIpc) is 3.19. The van der Waals surface area contributed by atoms with E-state index in [4.69, 9.17) is 16.7 Å². The summed E-state index contributed by atoms with van der Waals surface area (Å²) in [5, 5.41) is 11.1. The zero-order valence-corrected chi connectivity index (χ0v) is 12.9. The van der Waals surface area contributed by atoms with Gasteiger partial charge in [-0.05, 0) is 30.0 Å². The highest BCUT2D eigenvalue weighted by Crippen LogP contribution is 2.32. The highest BCUT2D eigenvalue weighted by Gasteiger charge is 2.23. The fraction of sp³-hybridized carbons (Fsp3) is 0.188. The van der Waals surface area contributed by atoms with Crippen LogP contribution in [0.1, 0.15) is 16.1 Å². The lowest BCUT2D eigenvalue weighted by atomic mass is 10.1. The highest BCUT2D eigenvalue weighted by atomic mass is 35.5. The quantitative estimate of drug-likeness (QED) is 0.787. The van der Waals surface area contributed by atoms with Crippen LogP contribution in [-0.2, 0) is 12.8 Å². The number of aromatic nitrogens is 2. The SMILES string of the molecule is Clc1ccccc1-n1nc(Cc2cccs2)c2c1NCC2. The summed E-state index contributed by atoms with van der Waals surface area (Å²) in [6.07, 6.45) is 1.92. The first-order valence-corrected chi connectivity index (χ1v) is 8.20. The van der Waals surface area contributed by atoms with Crippen LogP contribution in [0.4, 0.5) is 5.82 Å². The predicted molar refractivity (Wildman–Crippen MR) is 87.9 cm³/mol. The summed E-state index contributed by atoms with van der Waals surface area (Å²) < 4.78 is 1.95. The molecule has 1 N–H and O–H groups in total. The Hall–Kier alpha value is -1.78. The molecule has 0 saturated carbocycles. The fourth-order valence-electron chi connectivity index (χ4n) is 2.76. The molecule has 0 atom stereocenters. The third-order valence-electron chi connectivity index (χ3n) is 3.74. The molecule has 3 heterocycles. The van der Waals surface area contributed by atoms with Gasteiger partial charge in [-0.25, -0.2) is 4.68 Å². The molecule has 1 aromatic carbocycles. The van der Waals surface area contributed by atoms with Gasteiger partial charge in [0.15, 0.2) is 0 Å². The van der Waals surface area contributed by atoms with Gasteiger partial charge in [0.25, 0.3) is 0 Å². The maximum Gasteiger partial charge on any atom is 0.133 e. The number of rotatable bonds is 3. The summed E-state index contributed by atoms with van der Waals surface area (Å²) in [5.74, 6) is 1.09. The minimum atomic E-state index is 0.721. The van der Waals surface area contributed by atoms with Crippen LogP contribution in [0.3, 0.4) is 0 Å². The van der Waals surface area contributed by atoms with Crippen LogP contribution in [-0.4, -0.2) is 16.3 Å². The molecule has 0 amide bonds. The molecule has 0 aliphatic carbocycles. The summed E-state index contributed by atoms with van der Waals surface area (Å²) in [4.78, 5) is 1.34. The molecular formula is C16H14ClN3S. The van der Waals surface area contributed by atoms with E-state index in [2.05, 4.69) is 22.8 Å².